The van der Waals surface area contributed by atoms with Crippen LogP contribution in [0.5, 0.6) is 0 Å². The fourth-order valence-electron chi connectivity index (χ4n) is 0.930. The van der Waals surface area contributed by atoms with E-state index in [1.807, 2.05) is 20.8 Å². The molecule has 14 heavy (non-hydrogen) atoms. The molecule has 0 saturated carbocycles. The fourth-order valence-corrected chi connectivity index (χ4v) is 0.930. The molecule has 0 aliphatic carbocycles. The Kier molecular flexibility index (Phi) is 6.97. The normalized spacial score (nSPS) is 10.9. The first kappa shape index (κ1) is 16.0. The number of hydrogen-bond donors (Lipinski definition) is 2. The van der Waals surface area contributed by atoms with Crippen molar-refractivity contribution in [3.63, 3.8) is 0 Å². The summed E-state index contributed by atoms with van der Waals surface area (Å²) in [6.07, 6.45) is 0.782. The van der Waals surface area contributed by atoms with Crippen molar-refractivity contribution in [2.45, 2.75) is 33.6 Å². The number of rotatable bonds is 4. The van der Waals surface area contributed by atoms with Crippen LogP contribution in [-0.2, 0) is 9.59 Å². The number of hydrogen-bond acceptors (Lipinski definition) is 2. The van der Waals surface area contributed by atoms with Crippen molar-refractivity contribution in [1.82, 2.24) is 0 Å². The first-order valence-corrected chi connectivity index (χ1v) is 4.19. The number of carboxylic acid groups (broad SMARTS) is 2. The van der Waals surface area contributed by atoms with Gasteiger partial charge in [-0.05, 0) is 18.3 Å². The van der Waals surface area contributed by atoms with Crippen molar-refractivity contribution in [1.29, 1.82) is 0 Å². The summed E-state index contributed by atoms with van der Waals surface area (Å²) in [5.41, 5.74) is -0.0247. The van der Waals surface area contributed by atoms with E-state index in [-0.39, 0.29) is 30.7 Å². The Hall–Kier alpha value is -0.463. The number of carbonyl (C=O) groups is 2. The molecule has 0 amide bonds. The molecule has 0 rings (SSSR count). The van der Waals surface area contributed by atoms with Crippen LogP contribution in [0.1, 0.15) is 33.6 Å². The van der Waals surface area contributed by atoms with E-state index in [2.05, 4.69) is 0 Å². The molecule has 0 saturated heterocycles. The van der Waals surface area contributed by atoms with E-state index in [0.717, 1.165) is 0 Å². The molecule has 2 N–H and O–H groups in total. The van der Waals surface area contributed by atoms with Crippen molar-refractivity contribution in [3.05, 3.63) is 0 Å². The summed E-state index contributed by atoms with van der Waals surface area (Å²) in [7, 11) is 0. The summed E-state index contributed by atoms with van der Waals surface area (Å²) < 4.78 is 0. The summed E-state index contributed by atoms with van der Waals surface area (Å²) >= 11 is 0. The molecule has 0 spiro atoms. The Morgan fingerprint density at radius 2 is 1.50 bits per heavy atom. The van der Waals surface area contributed by atoms with Gasteiger partial charge in [-0.25, -0.2) is 0 Å². The van der Waals surface area contributed by atoms with Gasteiger partial charge in [0.15, 0.2) is 5.92 Å². The minimum absolute atomic E-state index is 0. The van der Waals surface area contributed by atoms with Crippen LogP contribution in [0.4, 0.5) is 0 Å². The van der Waals surface area contributed by atoms with Gasteiger partial charge in [0.2, 0.25) is 0 Å². The van der Waals surface area contributed by atoms with Crippen molar-refractivity contribution >= 4 is 30.8 Å². The van der Waals surface area contributed by atoms with Gasteiger partial charge in [-0.15, -0.1) is 0 Å². The molecule has 0 aromatic heterocycles. The van der Waals surface area contributed by atoms with Crippen LogP contribution in [0.25, 0.3) is 0 Å². The molecule has 0 aromatic rings. The zero-order chi connectivity index (χ0) is 10.6. The van der Waals surface area contributed by atoms with Crippen LogP contribution in [0.2, 0.25) is 0 Å². The molecule has 5 heteroatoms. The third kappa shape index (κ3) is 6.99. The quantitative estimate of drug-likeness (QED) is 0.518. The van der Waals surface area contributed by atoms with Crippen LogP contribution in [-0.4, -0.2) is 41.0 Å². The van der Waals surface area contributed by atoms with Crippen molar-refractivity contribution in [2.24, 2.45) is 11.3 Å². The molecule has 0 atom stereocenters. The molecular formula is C9H17LiO4. The van der Waals surface area contributed by atoms with E-state index in [4.69, 9.17) is 10.2 Å². The third-order valence-electron chi connectivity index (χ3n) is 1.78. The zero-order valence-corrected chi connectivity index (χ0v) is 8.20. The predicted molar refractivity (Wildman–Crippen MR) is 54.6 cm³/mol. The molecule has 0 bridgehead atoms. The molecule has 0 heterocycles. The average Bonchev–Trinajstić information content (AvgIpc) is 1.82. The second kappa shape index (κ2) is 6.10. The molecule has 0 aromatic carbocycles. The van der Waals surface area contributed by atoms with E-state index < -0.39 is 17.9 Å². The molecule has 0 aliphatic rings. The molecule has 4 nitrogen and oxygen atoms in total. The van der Waals surface area contributed by atoms with Crippen LogP contribution in [0.15, 0.2) is 0 Å². The minimum atomic E-state index is -1.26. The average molecular weight is 196 g/mol. The first-order valence-electron chi connectivity index (χ1n) is 4.19. The standard InChI is InChI=1S/C9H16O4.Li.H/c1-9(2,3)5-4-6(7(10)11)8(12)13;;/h6H,4-5H2,1-3H3,(H,10,11)(H,12,13);;. The maximum absolute atomic E-state index is 10.5. The molecule has 0 aliphatic heterocycles. The predicted octanol–water partition coefficient (Wildman–Crippen LogP) is 0.950. The summed E-state index contributed by atoms with van der Waals surface area (Å²) in [6.45, 7) is 5.86. The second-order valence-electron chi connectivity index (χ2n) is 4.33. The van der Waals surface area contributed by atoms with Crippen LogP contribution < -0.4 is 0 Å². The third-order valence-corrected chi connectivity index (χ3v) is 1.78. The van der Waals surface area contributed by atoms with E-state index >= 15 is 0 Å². The topological polar surface area (TPSA) is 74.6 Å². The van der Waals surface area contributed by atoms with E-state index in [1.54, 1.807) is 0 Å². The molecular weight excluding hydrogens is 179 g/mol. The van der Waals surface area contributed by atoms with Gasteiger partial charge in [-0.2, -0.15) is 0 Å². The van der Waals surface area contributed by atoms with Crippen molar-refractivity contribution < 1.29 is 19.8 Å². The van der Waals surface area contributed by atoms with E-state index in [9.17, 15) is 9.59 Å². The van der Waals surface area contributed by atoms with E-state index in [1.165, 1.54) is 0 Å². The fraction of sp³-hybridized carbons (Fsp3) is 0.778. The first-order chi connectivity index (χ1) is 5.74. The van der Waals surface area contributed by atoms with Gasteiger partial charge in [0.05, 0.1) is 0 Å². The molecule has 0 unspecified atom stereocenters. The Bertz CT molecular complexity index is 193. The number of aliphatic carboxylic acids is 2. The van der Waals surface area contributed by atoms with Crippen molar-refractivity contribution in [2.75, 3.05) is 0 Å². The van der Waals surface area contributed by atoms with Crippen molar-refractivity contribution in [3.8, 4) is 0 Å². The summed E-state index contributed by atoms with van der Waals surface area (Å²) in [5.74, 6) is -3.77. The van der Waals surface area contributed by atoms with E-state index in [0.29, 0.717) is 6.42 Å². The Morgan fingerprint density at radius 3 is 1.71 bits per heavy atom. The summed E-state index contributed by atoms with van der Waals surface area (Å²) in [5, 5.41) is 17.1. The van der Waals surface area contributed by atoms with Gasteiger partial charge in [0.1, 0.15) is 0 Å². The van der Waals surface area contributed by atoms with Crippen LogP contribution in [0, 0.1) is 11.3 Å². The second-order valence-corrected chi connectivity index (χ2v) is 4.33. The van der Waals surface area contributed by atoms with Crippen LogP contribution >= 0.6 is 0 Å². The van der Waals surface area contributed by atoms with Gasteiger partial charge in [0, 0.05) is 0 Å². The molecule has 0 fully saturated rings. The number of carboxylic acids is 2. The van der Waals surface area contributed by atoms with Crippen LogP contribution in [0.3, 0.4) is 0 Å². The van der Waals surface area contributed by atoms with Gasteiger partial charge in [0.25, 0.3) is 0 Å². The Labute approximate surface area is 95.9 Å². The summed E-state index contributed by atoms with van der Waals surface area (Å²) in [4.78, 5) is 21.0. The van der Waals surface area contributed by atoms with Gasteiger partial charge in [-0.3, -0.25) is 9.59 Å². The van der Waals surface area contributed by atoms with Gasteiger partial charge < -0.3 is 10.2 Å². The van der Waals surface area contributed by atoms with Gasteiger partial charge in [-0.1, -0.05) is 20.8 Å². The maximum atomic E-state index is 10.5. The Morgan fingerprint density at radius 1 is 1.14 bits per heavy atom. The zero-order valence-electron chi connectivity index (χ0n) is 8.20. The SMILES string of the molecule is CC(C)(C)CCC(C(=O)O)C(=O)O.[LiH]. The monoisotopic (exact) mass is 196 g/mol. The Balaban J connectivity index is 0. The molecule has 0 radical (unpaired) electrons. The van der Waals surface area contributed by atoms with Gasteiger partial charge >= 0.3 is 30.8 Å². The summed E-state index contributed by atoms with van der Waals surface area (Å²) in [6, 6.07) is 0. The molecule has 78 valence electrons.